The Morgan fingerprint density at radius 2 is 2.75 bits per heavy atom. The Kier molecular flexibility index (Phi) is 0.828. The van der Waals surface area contributed by atoms with Crippen LogP contribution in [0.3, 0.4) is 0 Å². The van der Waals surface area contributed by atoms with Crippen molar-refractivity contribution in [3.63, 3.8) is 0 Å². The average molecular weight is 114 g/mol. The molecule has 0 radical (unpaired) electrons. The van der Waals surface area contributed by atoms with Crippen LogP contribution in [-0.4, -0.2) is 16.3 Å². The van der Waals surface area contributed by atoms with E-state index < -0.39 is 6.08 Å². The van der Waals surface area contributed by atoms with Gasteiger partial charge < -0.3 is 10.2 Å². The molecule has 1 unspecified atom stereocenters. The Hall–Kier alpha value is -0.760. The van der Waals surface area contributed by atoms with Crippen LogP contribution in [0.1, 0.15) is 9.16 Å². The lowest BCUT2D eigenvalue weighted by molar-refractivity contribution is 0.221. The van der Waals surface area contributed by atoms with Crippen LogP contribution in [0.2, 0.25) is 0 Å². The van der Waals surface area contributed by atoms with Crippen LogP contribution in [-0.2, 0) is 0 Å². The molecule has 0 aromatic rings. The highest BCUT2D eigenvalue weighted by molar-refractivity contribution is 5.17. The summed E-state index contributed by atoms with van der Waals surface area (Å²) < 4.78 is 14.0. The minimum atomic E-state index is -1.71. The van der Waals surface area contributed by atoms with Gasteiger partial charge in [0.15, 0.2) is 0 Å². The second-order valence-electron chi connectivity index (χ2n) is 1.57. The smallest absolute Gasteiger partial charge is 0.111 e. The summed E-state index contributed by atoms with van der Waals surface area (Å²) in [7, 11) is 0. The lowest BCUT2D eigenvalue weighted by atomic mass is 10.1. The van der Waals surface area contributed by atoms with E-state index in [0.717, 1.165) is 6.08 Å². The van der Waals surface area contributed by atoms with E-state index in [4.69, 9.17) is 13.0 Å². The highest BCUT2D eigenvalue weighted by atomic mass is 16.3. The van der Waals surface area contributed by atoms with Crippen molar-refractivity contribution in [3.8, 4) is 0 Å². The first-order valence-corrected chi connectivity index (χ1v) is 2.33. The maximum absolute atomic E-state index is 8.98. The molecule has 1 aliphatic rings. The lowest BCUT2D eigenvalue weighted by Gasteiger charge is -2.04. The van der Waals surface area contributed by atoms with Crippen molar-refractivity contribution in [2.24, 2.45) is 0 Å². The first-order chi connectivity index (χ1) is 4.51. The maximum Gasteiger partial charge on any atom is 0.111 e. The van der Waals surface area contributed by atoms with Crippen molar-refractivity contribution in [1.82, 2.24) is 0 Å². The van der Waals surface area contributed by atoms with Crippen LogP contribution < -0.4 is 0 Å². The first kappa shape index (κ1) is 3.30. The fraction of sp³-hybridized carbons (Fsp3) is 0.333. The van der Waals surface area contributed by atoms with Gasteiger partial charge in [-0.1, -0.05) is 6.08 Å². The molecular formula is C6H8O2. The van der Waals surface area contributed by atoms with Crippen molar-refractivity contribution in [2.45, 2.75) is 12.5 Å². The predicted octanol–water partition coefficient (Wildman–Crippen LogP) is 0.749. The number of rotatable bonds is 0. The Bertz CT molecular complexity index is 206. The zero-order valence-electron chi connectivity index (χ0n) is 6.26. The molecule has 44 valence electrons. The first-order valence-electron chi connectivity index (χ1n) is 3.33. The van der Waals surface area contributed by atoms with Crippen molar-refractivity contribution in [3.05, 3.63) is 24.0 Å². The largest absolute Gasteiger partial charge is 0.508 e. The van der Waals surface area contributed by atoms with Crippen LogP contribution in [0.15, 0.2) is 24.0 Å². The van der Waals surface area contributed by atoms with Crippen LogP contribution in [0.25, 0.3) is 0 Å². The van der Waals surface area contributed by atoms with Gasteiger partial charge in [0.1, 0.15) is 5.76 Å². The van der Waals surface area contributed by atoms with E-state index >= 15 is 0 Å². The van der Waals surface area contributed by atoms with Crippen LogP contribution in [0.4, 0.5) is 0 Å². The fourth-order valence-electron chi connectivity index (χ4n) is 0.476. The summed E-state index contributed by atoms with van der Waals surface area (Å²) in [6.07, 6.45) is 0.599. The molecule has 0 bridgehead atoms. The van der Waals surface area contributed by atoms with Gasteiger partial charge in [-0.05, 0) is 18.5 Å². The van der Waals surface area contributed by atoms with E-state index in [-0.39, 0.29) is 18.2 Å². The molecule has 0 saturated heterocycles. The summed E-state index contributed by atoms with van der Waals surface area (Å²) >= 11 is 0. The molecule has 0 spiro atoms. The lowest BCUT2D eigenvalue weighted by Crippen LogP contribution is -2.03. The second-order valence-corrected chi connectivity index (χ2v) is 1.57. The van der Waals surface area contributed by atoms with Gasteiger partial charge >= 0.3 is 0 Å². The summed E-state index contributed by atoms with van der Waals surface area (Å²) in [4.78, 5) is 0. The second kappa shape index (κ2) is 2.01. The molecule has 0 heterocycles. The van der Waals surface area contributed by atoms with Gasteiger partial charge in [-0.2, -0.15) is 0 Å². The molecule has 2 heteroatoms. The molecule has 1 aliphatic carbocycles. The highest BCUT2D eigenvalue weighted by Gasteiger charge is 2.01. The standard InChI is InChI=1S/C6H8O2/c7-5-1-2-6(8)4-3-5/h1-3,6-8H,4H2/i1D,6D. The van der Waals surface area contributed by atoms with Gasteiger partial charge in [-0.15, -0.1) is 0 Å². The minimum Gasteiger partial charge on any atom is -0.508 e. The van der Waals surface area contributed by atoms with E-state index in [1.807, 2.05) is 0 Å². The molecule has 0 aromatic heterocycles. The van der Waals surface area contributed by atoms with Crippen LogP contribution >= 0.6 is 0 Å². The highest BCUT2D eigenvalue weighted by Crippen LogP contribution is 2.06. The van der Waals surface area contributed by atoms with Crippen molar-refractivity contribution < 1.29 is 13.0 Å². The fourth-order valence-corrected chi connectivity index (χ4v) is 0.476. The molecule has 0 saturated carbocycles. The summed E-state index contributed by atoms with van der Waals surface area (Å²) in [6, 6.07) is -0.191. The van der Waals surface area contributed by atoms with Gasteiger partial charge in [-0.3, -0.25) is 0 Å². The molecule has 0 amide bonds. The van der Waals surface area contributed by atoms with Gasteiger partial charge in [-0.25, -0.2) is 0 Å². The zero-order chi connectivity index (χ0) is 7.78. The van der Waals surface area contributed by atoms with Gasteiger partial charge in [0.25, 0.3) is 0 Å². The topological polar surface area (TPSA) is 40.5 Å². The average Bonchev–Trinajstić information content (AvgIpc) is 1.79. The minimum absolute atomic E-state index is 0.0429. The van der Waals surface area contributed by atoms with Crippen molar-refractivity contribution in [2.75, 3.05) is 0 Å². The summed E-state index contributed by atoms with van der Waals surface area (Å²) in [5.74, 6) is -0.170. The molecule has 0 fully saturated rings. The molecule has 0 aliphatic heterocycles. The summed E-state index contributed by atoms with van der Waals surface area (Å²) in [6.45, 7) is 0. The Morgan fingerprint density at radius 1 is 2.00 bits per heavy atom. The third-order valence-corrected chi connectivity index (χ3v) is 0.891. The van der Waals surface area contributed by atoms with E-state index in [1.165, 1.54) is 6.08 Å². The number of hydrogen-bond donors (Lipinski definition) is 2. The van der Waals surface area contributed by atoms with Gasteiger partial charge in [0.2, 0.25) is 0 Å². The molecule has 0 aromatic carbocycles. The third kappa shape index (κ3) is 1.10. The number of allylic oxidation sites excluding steroid dienone is 1. The van der Waals surface area contributed by atoms with Gasteiger partial charge in [0.05, 0.1) is 8.82 Å². The van der Waals surface area contributed by atoms with E-state index in [1.54, 1.807) is 0 Å². The third-order valence-electron chi connectivity index (χ3n) is 0.891. The quantitative estimate of drug-likeness (QED) is 0.488. The van der Waals surface area contributed by atoms with Crippen molar-refractivity contribution in [1.29, 1.82) is 0 Å². The predicted molar refractivity (Wildman–Crippen MR) is 30.5 cm³/mol. The Balaban J connectivity index is 2.87. The Labute approximate surface area is 50.6 Å². The Morgan fingerprint density at radius 3 is 3.25 bits per heavy atom. The SMILES string of the molecule is [2H]C1=CC([2H])(O)CC=C1O. The number of hydrogen-bond acceptors (Lipinski definition) is 2. The van der Waals surface area contributed by atoms with Crippen molar-refractivity contribution >= 4 is 0 Å². The van der Waals surface area contributed by atoms with Crippen LogP contribution in [0.5, 0.6) is 0 Å². The number of aliphatic hydroxyl groups is 2. The molecule has 1 rings (SSSR count). The summed E-state index contributed by atoms with van der Waals surface area (Å²) in [5, 5.41) is 17.8. The van der Waals surface area contributed by atoms with Gasteiger partial charge in [0, 0.05) is 0 Å². The summed E-state index contributed by atoms with van der Waals surface area (Å²) in [5.41, 5.74) is 0. The molecule has 2 N–H and O–H groups in total. The van der Waals surface area contributed by atoms with E-state index in [2.05, 4.69) is 0 Å². The van der Waals surface area contributed by atoms with E-state index in [0.29, 0.717) is 0 Å². The maximum atomic E-state index is 8.98. The van der Waals surface area contributed by atoms with Crippen LogP contribution in [0, 0.1) is 0 Å². The molecule has 8 heavy (non-hydrogen) atoms. The molecular weight excluding hydrogens is 104 g/mol. The monoisotopic (exact) mass is 114 g/mol. The normalized spacial score (nSPS) is 41.6. The van der Waals surface area contributed by atoms with E-state index in [9.17, 15) is 0 Å². The molecule has 2 nitrogen and oxygen atoms in total. The number of aliphatic hydroxyl groups excluding tert-OH is 1. The zero-order valence-corrected chi connectivity index (χ0v) is 4.26. The molecule has 1 atom stereocenters.